The van der Waals surface area contributed by atoms with Gasteiger partial charge in [-0.25, -0.2) is 0 Å². The molecule has 0 aromatic rings. The lowest BCUT2D eigenvalue weighted by molar-refractivity contribution is -0.137. The fourth-order valence-corrected chi connectivity index (χ4v) is 2.33. The lowest BCUT2D eigenvalue weighted by atomic mass is 10.1. The van der Waals surface area contributed by atoms with Crippen molar-refractivity contribution in [3.8, 4) is 0 Å². The Labute approximate surface area is 112 Å². The van der Waals surface area contributed by atoms with Gasteiger partial charge in [-0.3, -0.25) is 24.6 Å². The molecular formula is C12H20N4O3. The molecule has 2 rings (SSSR count). The highest BCUT2D eigenvalue weighted by Gasteiger charge is 2.28. The number of carbonyl (C=O) groups is 3. The Kier molecular flexibility index (Phi) is 4.86. The summed E-state index contributed by atoms with van der Waals surface area (Å²) in [4.78, 5) is 36.5. The summed E-state index contributed by atoms with van der Waals surface area (Å²) in [6, 6.07) is -0.574. The predicted molar refractivity (Wildman–Crippen MR) is 68.2 cm³/mol. The quantitative estimate of drug-likeness (QED) is 0.526. The van der Waals surface area contributed by atoms with Crippen molar-refractivity contribution in [1.82, 2.24) is 20.9 Å². The van der Waals surface area contributed by atoms with Crippen LogP contribution in [0.1, 0.15) is 19.3 Å². The average molecular weight is 268 g/mol. The first-order valence-corrected chi connectivity index (χ1v) is 6.71. The Balaban J connectivity index is 1.77. The van der Waals surface area contributed by atoms with Gasteiger partial charge in [0.1, 0.15) is 6.04 Å². The summed E-state index contributed by atoms with van der Waals surface area (Å²) in [6.45, 7) is 3.88. The number of amides is 3. The van der Waals surface area contributed by atoms with Crippen LogP contribution in [0.15, 0.2) is 0 Å². The highest BCUT2D eigenvalue weighted by molar-refractivity contribution is 6.01. The molecule has 0 bridgehead atoms. The number of nitrogens with one attached hydrogen (secondary N) is 3. The molecule has 2 saturated heterocycles. The minimum atomic E-state index is -0.574. The Hall–Kier alpha value is -1.47. The third kappa shape index (κ3) is 4.29. The standard InChI is InChI=1S/C12H20N4O3/c17-10-3-2-9(12(19)15-10)14-11(18)8-16-6-1-4-13-5-7-16/h9,13H,1-8H2,(H,14,18)(H,15,17,19). The third-order valence-corrected chi connectivity index (χ3v) is 3.37. The largest absolute Gasteiger partial charge is 0.343 e. The molecule has 2 aliphatic rings. The van der Waals surface area contributed by atoms with Crippen molar-refractivity contribution in [2.75, 3.05) is 32.7 Å². The molecule has 1 atom stereocenters. The number of hydrogen-bond acceptors (Lipinski definition) is 5. The summed E-state index contributed by atoms with van der Waals surface area (Å²) in [5.41, 5.74) is 0. The van der Waals surface area contributed by atoms with Gasteiger partial charge in [0, 0.05) is 19.5 Å². The summed E-state index contributed by atoms with van der Waals surface area (Å²) in [6.07, 6.45) is 1.69. The van der Waals surface area contributed by atoms with Gasteiger partial charge in [-0.05, 0) is 25.9 Å². The Morgan fingerprint density at radius 2 is 2.16 bits per heavy atom. The zero-order chi connectivity index (χ0) is 13.7. The second-order valence-corrected chi connectivity index (χ2v) is 4.95. The zero-order valence-electron chi connectivity index (χ0n) is 10.9. The molecule has 7 heteroatoms. The average Bonchev–Trinajstić information content (AvgIpc) is 2.61. The number of nitrogens with zero attached hydrogens (tertiary/aromatic N) is 1. The van der Waals surface area contributed by atoms with Gasteiger partial charge in [0.25, 0.3) is 0 Å². The van der Waals surface area contributed by atoms with E-state index in [9.17, 15) is 14.4 Å². The van der Waals surface area contributed by atoms with E-state index >= 15 is 0 Å². The van der Waals surface area contributed by atoms with Crippen LogP contribution in [-0.4, -0.2) is 61.4 Å². The molecule has 0 radical (unpaired) electrons. The topological polar surface area (TPSA) is 90.5 Å². The minimum absolute atomic E-state index is 0.156. The van der Waals surface area contributed by atoms with Crippen LogP contribution >= 0.6 is 0 Å². The monoisotopic (exact) mass is 268 g/mol. The van der Waals surface area contributed by atoms with Gasteiger partial charge in [0.15, 0.2) is 0 Å². The number of piperidine rings is 1. The summed E-state index contributed by atoms with van der Waals surface area (Å²) >= 11 is 0. The molecule has 0 aromatic heterocycles. The maximum absolute atomic E-state index is 11.9. The highest BCUT2D eigenvalue weighted by atomic mass is 16.2. The molecule has 0 spiro atoms. The fraction of sp³-hybridized carbons (Fsp3) is 0.750. The molecule has 0 aromatic carbocycles. The summed E-state index contributed by atoms with van der Waals surface area (Å²) in [5.74, 6) is -0.826. The molecule has 19 heavy (non-hydrogen) atoms. The van der Waals surface area contributed by atoms with Crippen molar-refractivity contribution in [3.05, 3.63) is 0 Å². The van der Waals surface area contributed by atoms with Gasteiger partial charge in [0.05, 0.1) is 6.54 Å². The van der Waals surface area contributed by atoms with E-state index in [-0.39, 0.29) is 18.2 Å². The van der Waals surface area contributed by atoms with Crippen molar-refractivity contribution in [1.29, 1.82) is 0 Å². The molecule has 2 fully saturated rings. The van der Waals surface area contributed by atoms with E-state index in [0.29, 0.717) is 13.0 Å². The number of imide groups is 1. The second kappa shape index (κ2) is 6.63. The Bertz CT molecular complexity index is 364. The fourth-order valence-electron chi connectivity index (χ4n) is 2.33. The van der Waals surface area contributed by atoms with Gasteiger partial charge in [-0.15, -0.1) is 0 Å². The Morgan fingerprint density at radius 3 is 2.95 bits per heavy atom. The van der Waals surface area contributed by atoms with Crippen LogP contribution in [0, 0.1) is 0 Å². The number of rotatable bonds is 3. The van der Waals surface area contributed by atoms with Crippen LogP contribution in [-0.2, 0) is 14.4 Å². The smallest absolute Gasteiger partial charge is 0.249 e. The van der Waals surface area contributed by atoms with Crippen molar-refractivity contribution in [2.24, 2.45) is 0 Å². The predicted octanol–water partition coefficient (Wildman–Crippen LogP) is -1.80. The van der Waals surface area contributed by atoms with Crippen molar-refractivity contribution in [2.45, 2.75) is 25.3 Å². The molecule has 2 heterocycles. The van der Waals surface area contributed by atoms with Crippen molar-refractivity contribution < 1.29 is 14.4 Å². The van der Waals surface area contributed by atoms with Crippen LogP contribution in [0.4, 0.5) is 0 Å². The van der Waals surface area contributed by atoms with E-state index in [1.807, 2.05) is 0 Å². The maximum atomic E-state index is 11.9. The van der Waals surface area contributed by atoms with Crippen molar-refractivity contribution >= 4 is 17.7 Å². The van der Waals surface area contributed by atoms with E-state index in [1.54, 1.807) is 0 Å². The van der Waals surface area contributed by atoms with Crippen LogP contribution in [0.5, 0.6) is 0 Å². The van der Waals surface area contributed by atoms with E-state index in [1.165, 1.54) is 0 Å². The summed E-state index contributed by atoms with van der Waals surface area (Å²) < 4.78 is 0. The van der Waals surface area contributed by atoms with Crippen LogP contribution in [0.25, 0.3) is 0 Å². The van der Waals surface area contributed by atoms with Crippen LogP contribution in [0.2, 0.25) is 0 Å². The van der Waals surface area contributed by atoms with E-state index in [2.05, 4.69) is 20.9 Å². The summed E-state index contributed by atoms with van der Waals surface area (Å²) in [7, 11) is 0. The molecular weight excluding hydrogens is 248 g/mol. The first-order chi connectivity index (χ1) is 9.15. The molecule has 3 amide bonds. The first-order valence-electron chi connectivity index (χ1n) is 6.71. The molecule has 3 N–H and O–H groups in total. The van der Waals surface area contributed by atoms with E-state index in [4.69, 9.17) is 0 Å². The van der Waals surface area contributed by atoms with Gasteiger partial charge >= 0.3 is 0 Å². The molecule has 1 unspecified atom stereocenters. The van der Waals surface area contributed by atoms with Gasteiger partial charge in [-0.2, -0.15) is 0 Å². The molecule has 0 aliphatic carbocycles. The van der Waals surface area contributed by atoms with Gasteiger partial charge in [0.2, 0.25) is 17.7 Å². The Morgan fingerprint density at radius 1 is 1.32 bits per heavy atom. The summed E-state index contributed by atoms with van der Waals surface area (Å²) in [5, 5.41) is 8.19. The third-order valence-electron chi connectivity index (χ3n) is 3.37. The van der Waals surface area contributed by atoms with Gasteiger partial charge in [-0.1, -0.05) is 0 Å². The van der Waals surface area contributed by atoms with Crippen LogP contribution < -0.4 is 16.0 Å². The maximum Gasteiger partial charge on any atom is 0.249 e. The number of carbonyl (C=O) groups excluding carboxylic acids is 3. The highest BCUT2D eigenvalue weighted by Crippen LogP contribution is 2.04. The lowest BCUT2D eigenvalue weighted by Crippen LogP contribution is -2.54. The van der Waals surface area contributed by atoms with E-state index < -0.39 is 11.9 Å². The number of hydrogen-bond donors (Lipinski definition) is 3. The zero-order valence-corrected chi connectivity index (χ0v) is 10.9. The van der Waals surface area contributed by atoms with Gasteiger partial charge < -0.3 is 10.6 Å². The molecule has 106 valence electrons. The minimum Gasteiger partial charge on any atom is -0.343 e. The second-order valence-electron chi connectivity index (χ2n) is 4.95. The SMILES string of the molecule is O=C1CCC(NC(=O)CN2CCCNCC2)C(=O)N1. The van der Waals surface area contributed by atoms with Crippen molar-refractivity contribution in [3.63, 3.8) is 0 Å². The normalized spacial score (nSPS) is 25.6. The molecule has 7 nitrogen and oxygen atoms in total. The lowest BCUT2D eigenvalue weighted by Gasteiger charge is -2.24. The van der Waals surface area contributed by atoms with E-state index in [0.717, 1.165) is 32.6 Å². The molecule has 0 saturated carbocycles. The molecule has 2 aliphatic heterocycles. The first kappa shape index (κ1) is 14.0. The van der Waals surface area contributed by atoms with Crippen LogP contribution in [0.3, 0.4) is 0 Å².